The monoisotopic (exact) mass is 436 g/mol. The molecular weight excluding hydrogens is 404 g/mol. The third kappa shape index (κ3) is 6.87. The maximum absolute atomic E-state index is 12.0. The molecule has 0 N–H and O–H groups in total. The number of rotatable bonds is 7. The summed E-state index contributed by atoms with van der Waals surface area (Å²) < 4.78 is 12.3. The number of ether oxygens (including phenoxy) is 1. The van der Waals surface area contributed by atoms with Crippen molar-refractivity contribution in [1.29, 1.82) is 0 Å². The van der Waals surface area contributed by atoms with Crippen LogP contribution in [0, 0.1) is 5.92 Å². The number of carbonyl (C=O) groups is 1. The third-order valence-corrected chi connectivity index (χ3v) is 6.01. The van der Waals surface area contributed by atoms with E-state index in [4.69, 9.17) is 9.07 Å². The number of piperazine rings is 1. The summed E-state index contributed by atoms with van der Waals surface area (Å²) in [7, 11) is 1.51. The molecule has 2 fully saturated rings. The maximum atomic E-state index is 12.0. The molecule has 1 amide bonds. The second-order valence-electron chi connectivity index (χ2n) is 7.79. The lowest BCUT2D eigenvalue weighted by Crippen LogP contribution is -2.43. The Morgan fingerprint density at radius 2 is 1.90 bits per heavy atom. The van der Waals surface area contributed by atoms with Gasteiger partial charge in [-0.05, 0) is 50.3 Å². The first-order valence-electron chi connectivity index (χ1n) is 10.5. The molecule has 2 aliphatic heterocycles. The smallest absolute Gasteiger partial charge is 0.410 e. The van der Waals surface area contributed by atoms with E-state index < -0.39 is 0 Å². The summed E-state index contributed by atoms with van der Waals surface area (Å²) >= 11 is 1.25. The van der Waals surface area contributed by atoms with Crippen LogP contribution in [-0.2, 0) is 14.0 Å². The summed E-state index contributed by atoms with van der Waals surface area (Å²) in [5.74, 6) is 1.48. The number of likely N-dealkylation sites (tertiary alicyclic amines) is 1. The summed E-state index contributed by atoms with van der Waals surface area (Å²) in [6.45, 7) is 8.84. The number of piperidine rings is 1. The SMILES string of the molecule is COOSN1CCN(c2ccc(/C=C/C3CCN(C(=O)OC(C)C)CC3)cn2)CC1. The van der Waals surface area contributed by atoms with Crippen LogP contribution in [0.5, 0.6) is 0 Å². The van der Waals surface area contributed by atoms with Crippen molar-refractivity contribution in [2.24, 2.45) is 5.92 Å². The Kier molecular flexibility index (Phi) is 8.80. The average Bonchev–Trinajstić information content (AvgIpc) is 2.77. The molecule has 0 spiro atoms. The normalized spacial score (nSPS) is 19.1. The molecule has 0 atom stereocenters. The van der Waals surface area contributed by atoms with Gasteiger partial charge in [-0.2, -0.15) is 0 Å². The Hall–Kier alpha value is -1.81. The van der Waals surface area contributed by atoms with Crippen LogP contribution in [0.1, 0.15) is 32.3 Å². The summed E-state index contributed by atoms with van der Waals surface area (Å²) in [5, 5.41) is 0. The van der Waals surface area contributed by atoms with Gasteiger partial charge in [0.05, 0.1) is 13.2 Å². The van der Waals surface area contributed by atoms with E-state index in [1.807, 2.05) is 20.0 Å². The van der Waals surface area contributed by atoms with Crippen LogP contribution in [0.3, 0.4) is 0 Å². The Morgan fingerprint density at radius 3 is 2.50 bits per heavy atom. The van der Waals surface area contributed by atoms with Crippen LogP contribution >= 0.6 is 12.2 Å². The van der Waals surface area contributed by atoms with E-state index in [9.17, 15) is 4.79 Å². The molecule has 3 heterocycles. The highest BCUT2D eigenvalue weighted by Gasteiger charge is 2.23. The predicted octanol–water partition coefficient (Wildman–Crippen LogP) is 3.62. The Morgan fingerprint density at radius 1 is 1.17 bits per heavy atom. The molecule has 3 rings (SSSR count). The fourth-order valence-corrected chi connectivity index (χ4v) is 4.01. The number of hydrogen-bond donors (Lipinski definition) is 0. The number of amides is 1. The molecule has 30 heavy (non-hydrogen) atoms. The molecule has 1 aromatic rings. The molecule has 2 aliphatic rings. The number of carbonyl (C=O) groups excluding carboxylic acids is 1. The molecule has 9 heteroatoms. The fraction of sp³-hybridized carbons (Fsp3) is 0.619. The molecule has 0 unspecified atom stereocenters. The minimum atomic E-state index is -0.196. The van der Waals surface area contributed by atoms with Crippen molar-refractivity contribution in [2.45, 2.75) is 32.8 Å². The Labute approximate surface area is 183 Å². The van der Waals surface area contributed by atoms with Gasteiger partial charge >= 0.3 is 6.09 Å². The molecule has 0 aromatic carbocycles. The van der Waals surface area contributed by atoms with Gasteiger partial charge in [0.1, 0.15) is 18.0 Å². The highest BCUT2D eigenvalue weighted by Crippen LogP contribution is 2.22. The molecular formula is C21H32N4O4S. The van der Waals surface area contributed by atoms with Crippen LogP contribution in [0.25, 0.3) is 6.08 Å². The van der Waals surface area contributed by atoms with Gasteiger partial charge in [0, 0.05) is 45.5 Å². The zero-order chi connectivity index (χ0) is 21.3. The van der Waals surface area contributed by atoms with E-state index >= 15 is 0 Å². The van der Waals surface area contributed by atoms with Crippen molar-refractivity contribution in [1.82, 2.24) is 14.2 Å². The number of allylic oxidation sites excluding steroid dienone is 1. The van der Waals surface area contributed by atoms with E-state index in [2.05, 4.69) is 43.4 Å². The average molecular weight is 437 g/mol. The van der Waals surface area contributed by atoms with Crippen molar-refractivity contribution in [2.75, 3.05) is 51.3 Å². The summed E-state index contributed by atoms with van der Waals surface area (Å²) in [6, 6.07) is 4.20. The molecule has 0 bridgehead atoms. The van der Waals surface area contributed by atoms with Crippen LogP contribution in [-0.4, -0.2) is 72.8 Å². The van der Waals surface area contributed by atoms with Crippen LogP contribution in [0.15, 0.2) is 24.4 Å². The minimum Gasteiger partial charge on any atom is -0.447 e. The first kappa shape index (κ1) is 22.9. The van der Waals surface area contributed by atoms with Gasteiger partial charge in [0.25, 0.3) is 0 Å². The quantitative estimate of drug-likeness (QED) is 0.278. The van der Waals surface area contributed by atoms with Gasteiger partial charge in [-0.3, -0.25) is 0 Å². The number of aromatic nitrogens is 1. The molecule has 1 aromatic heterocycles. The van der Waals surface area contributed by atoms with E-state index in [0.717, 1.165) is 63.5 Å². The van der Waals surface area contributed by atoms with Gasteiger partial charge in [-0.15, -0.1) is 4.33 Å². The molecule has 2 saturated heterocycles. The van der Waals surface area contributed by atoms with Crippen molar-refractivity contribution < 1.29 is 18.8 Å². The number of hydrogen-bond acceptors (Lipinski definition) is 8. The minimum absolute atomic E-state index is 0.0713. The summed E-state index contributed by atoms with van der Waals surface area (Å²) in [4.78, 5) is 25.3. The zero-order valence-electron chi connectivity index (χ0n) is 18.0. The van der Waals surface area contributed by atoms with Crippen molar-refractivity contribution in [3.63, 3.8) is 0 Å². The molecule has 0 radical (unpaired) electrons. The largest absolute Gasteiger partial charge is 0.447 e. The lowest BCUT2D eigenvalue weighted by molar-refractivity contribution is -0.163. The van der Waals surface area contributed by atoms with E-state index in [1.54, 1.807) is 4.90 Å². The Balaban J connectivity index is 1.43. The summed E-state index contributed by atoms with van der Waals surface area (Å²) in [5.41, 5.74) is 1.10. The second kappa shape index (κ2) is 11.5. The topological polar surface area (TPSA) is 67.4 Å². The van der Waals surface area contributed by atoms with Gasteiger partial charge in [-0.1, -0.05) is 12.2 Å². The van der Waals surface area contributed by atoms with E-state index in [1.165, 1.54) is 19.3 Å². The Bertz CT molecular complexity index is 685. The number of pyridine rings is 1. The third-order valence-electron chi connectivity index (χ3n) is 5.23. The van der Waals surface area contributed by atoms with Gasteiger partial charge in [-0.25, -0.2) is 19.0 Å². The first-order chi connectivity index (χ1) is 14.5. The van der Waals surface area contributed by atoms with Gasteiger partial charge in [0.2, 0.25) is 0 Å². The van der Waals surface area contributed by atoms with E-state index in [-0.39, 0.29) is 12.2 Å². The van der Waals surface area contributed by atoms with Gasteiger partial charge < -0.3 is 14.5 Å². The summed E-state index contributed by atoms with van der Waals surface area (Å²) in [6.07, 6.45) is 7.97. The zero-order valence-corrected chi connectivity index (χ0v) is 18.8. The van der Waals surface area contributed by atoms with Crippen LogP contribution < -0.4 is 4.90 Å². The molecule has 0 saturated carbocycles. The lowest BCUT2D eigenvalue weighted by atomic mass is 9.96. The second-order valence-corrected chi connectivity index (χ2v) is 8.59. The van der Waals surface area contributed by atoms with E-state index in [0.29, 0.717) is 5.92 Å². The maximum Gasteiger partial charge on any atom is 0.410 e. The molecule has 0 aliphatic carbocycles. The highest BCUT2D eigenvalue weighted by atomic mass is 32.2. The van der Waals surface area contributed by atoms with Crippen molar-refractivity contribution >= 4 is 30.2 Å². The predicted molar refractivity (Wildman–Crippen MR) is 119 cm³/mol. The van der Waals surface area contributed by atoms with Crippen molar-refractivity contribution in [3.8, 4) is 0 Å². The molecule has 166 valence electrons. The highest BCUT2D eigenvalue weighted by molar-refractivity contribution is 7.92. The first-order valence-corrected chi connectivity index (χ1v) is 11.2. The fourth-order valence-electron chi connectivity index (χ4n) is 3.55. The van der Waals surface area contributed by atoms with Crippen molar-refractivity contribution in [3.05, 3.63) is 30.0 Å². The number of nitrogens with zero attached hydrogens (tertiary/aromatic N) is 4. The van der Waals surface area contributed by atoms with Crippen LogP contribution in [0.4, 0.5) is 10.6 Å². The lowest BCUT2D eigenvalue weighted by Gasteiger charge is -2.33. The van der Waals surface area contributed by atoms with Crippen LogP contribution in [0.2, 0.25) is 0 Å². The standard InChI is InChI=1S/C21H32N4O4S/c1-17(2)28-21(26)24-10-8-18(9-11-24)4-5-19-6-7-20(22-16-19)23-12-14-25(15-13-23)30-29-27-3/h4-7,16-18H,8-15H2,1-3H3/b5-4+. The van der Waals surface area contributed by atoms with Gasteiger partial charge in [0.15, 0.2) is 0 Å². The molecule has 8 nitrogen and oxygen atoms in total. The number of anilines is 1.